The third-order valence-corrected chi connectivity index (χ3v) is 5.48. The van der Waals surface area contributed by atoms with Gasteiger partial charge >= 0.3 is 0 Å². The third-order valence-electron chi connectivity index (χ3n) is 4.17. The van der Waals surface area contributed by atoms with Gasteiger partial charge in [-0.1, -0.05) is 6.92 Å². The number of hydrogen-bond donors (Lipinski definition) is 2. The van der Waals surface area contributed by atoms with Crippen molar-refractivity contribution in [2.75, 3.05) is 38.5 Å². The number of nitrogens with one attached hydrogen (secondary N) is 1. The maximum absolute atomic E-state index is 12.8. The predicted molar refractivity (Wildman–Crippen MR) is 102 cm³/mol. The van der Waals surface area contributed by atoms with E-state index in [1.165, 1.54) is 24.3 Å². The Bertz CT molecular complexity index is 638. The van der Waals surface area contributed by atoms with Gasteiger partial charge in [-0.15, -0.1) is 0 Å². The standard InChI is InChI=1S/C17H27FN2O3S.CH2O2/c1-2-9-20-10-3-4-15(14-20)13-19-24(21,22)12-11-23-17-7-5-16(18)6-8-17;2-1-3/h5-8,15,19H,2-4,9-14H2,1H3;1H,(H,2,3). The molecule has 27 heavy (non-hydrogen) atoms. The summed E-state index contributed by atoms with van der Waals surface area (Å²) in [5, 5.41) is 6.89. The molecule has 1 heterocycles. The van der Waals surface area contributed by atoms with Crippen LogP contribution in [0.1, 0.15) is 26.2 Å². The first-order chi connectivity index (χ1) is 12.9. The average molecular weight is 405 g/mol. The average Bonchev–Trinajstić information content (AvgIpc) is 2.63. The Morgan fingerprint density at radius 2 is 2.04 bits per heavy atom. The first-order valence-electron chi connectivity index (χ1n) is 9.06. The number of halogens is 1. The zero-order valence-electron chi connectivity index (χ0n) is 15.6. The Morgan fingerprint density at radius 1 is 1.37 bits per heavy atom. The number of carbonyl (C=O) groups is 1. The molecule has 0 aromatic heterocycles. The van der Waals surface area contributed by atoms with Crippen LogP contribution in [0.15, 0.2) is 24.3 Å². The van der Waals surface area contributed by atoms with Crippen LogP contribution in [0, 0.1) is 11.7 Å². The molecular weight excluding hydrogens is 375 g/mol. The second-order valence-corrected chi connectivity index (χ2v) is 8.31. The Labute approximate surface area is 160 Å². The molecule has 1 aliphatic rings. The third kappa shape index (κ3) is 10.3. The highest BCUT2D eigenvalue weighted by Crippen LogP contribution is 2.16. The summed E-state index contributed by atoms with van der Waals surface area (Å²) >= 11 is 0. The molecule has 0 saturated carbocycles. The van der Waals surface area contributed by atoms with Crippen LogP contribution in [-0.2, 0) is 14.8 Å². The van der Waals surface area contributed by atoms with Gasteiger partial charge in [0.25, 0.3) is 6.47 Å². The zero-order valence-corrected chi connectivity index (χ0v) is 16.5. The minimum atomic E-state index is -3.36. The van der Waals surface area contributed by atoms with Crippen molar-refractivity contribution in [2.24, 2.45) is 5.92 Å². The van der Waals surface area contributed by atoms with Crippen molar-refractivity contribution in [3.8, 4) is 5.75 Å². The number of ether oxygens (including phenoxy) is 1. The minimum Gasteiger partial charge on any atom is -0.492 e. The molecule has 154 valence electrons. The van der Waals surface area contributed by atoms with Crippen LogP contribution in [0.5, 0.6) is 5.75 Å². The Morgan fingerprint density at radius 3 is 2.67 bits per heavy atom. The van der Waals surface area contributed by atoms with E-state index in [0.717, 1.165) is 38.9 Å². The molecular formula is C18H29FN2O5S. The normalized spacial score (nSPS) is 17.6. The van der Waals surface area contributed by atoms with Crippen molar-refractivity contribution in [2.45, 2.75) is 26.2 Å². The van der Waals surface area contributed by atoms with Gasteiger partial charge in [-0.2, -0.15) is 0 Å². The van der Waals surface area contributed by atoms with E-state index in [-0.39, 0.29) is 24.6 Å². The largest absolute Gasteiger partial charge is 0.492 e. The topological polar surface area (TPSA) is 95.9 Å². The van der Waals surface area contributed by atoms with Gasteiger partial charge < -0.3 is 14.7 Å². The lowest BCUT2D eigenvalue weighted by molar-refractivity contribution is -0.122. The molecule has 0 aliphatic carbocycles. The number of nitrogens with zero attached hydrogens (tertiary/aromatic N) is 1. The molecule has 1 aromatic rings. The van der Waals surface area contributed by atoms with E-state index in [9.17, 15) is 12.8 Å². The molecule has 1 unspecified atom stereocenters. The van der Waals surface area contributed by atoms with Gasteiger partial charge in [-0.3, -0.25) is 4.79 Å². The number of carboxylic acid groups (broad SMARTS) is 1. The highest BCUT2D eigenvalue weighted by atomic mass is 32.2. The quantitative estimate of drug-likeness (QED) is 0.611. The molecule has 1 aromatic carbocycles. The molecule has 7 nitrogen and oxygen atoms in total. The number of hydrogen-bond acceptors (Lipinski definition) is 5. The van der Waals surface area contributed by atoms with E-state index in [2.05, 4.69) is 16.5 Å². The molecule has 2 N–H and O–H groups in total. The van der Waals surface area contributed by atoms with Gasteiger partial charge in [-0.25, -0.2) is 17.5 Å². The van der Waals surface area contributed by atoms with E-state index in [1.54, 1.807) is 0 Å². The predicted octanol–water partition coefficient (Wildman–Crippen LogP) is 1.95. The van der Waals surface area contributed by atoms with Gasteiger partial charge in [0.15, 0.2) is 0 Å². The van der Waals surface area contributed by atoms with Crippen LogP contribution in [0.25, 0.3) is 0 Å². The number of sulfonamides is 1. The summed E-state index contributed by atoms with van der Waals surface area (Å²) < 4.78 is 44.9. The fourth-order valence-electron chi connectivity index (χ4n) is 2.95. The van der Waals surface area contributed by atoms with Gasteiger partial charge in [0, 0.05) is 13.1 Å². The van der Waals surface area contributed by atoms with Crippen molar-refractivity contribution in [3.05, 3.63) is 30.1 Å². The first kappa shape index (κ1) is 23.3. The summed E-state index contributed by atoms with van der Waals surface area (Å²) in [6, 6.07) is 5.54. The Hall–Kier alpha value is -1.71. The fraction of sp³-hybridized carbons (Fsp3) is 0.611. The lowest BCUT2D eigenvalue weighted by atomic mass is 9.98. The first-order valence-corrected chi connectivity index (χ1v) is 10.7. The van der Waals surface area contributed by atoms with Gasteiger partial charge in [-0.05, 0) is 62.5 Å². The smallest absolute Gasteiger partial charge is 0.290 e. The summed E-state index contributed by atoms with van der Waals surface area (Å²) in [6.07, 6.45) is 3.31. The molecule has 2 rings (SSSR count). The minimum absolute atomic E-state index is 0.0492. The van der Waals surface area contributed by atoms with Crippen LogP contribution in [-0.4, -0.2) is 63.4 Å². The van der Waals surface area contributed by atoms with Crippen LogP contribution in [0.3, 0.4) is 0 Å². The Balaban J connectivity index is 0.00000114. The summed E-state index contributed by atoms with van der Waals surface area (Å²) in [7, 11) is -3.36. The van der Waals surface area contributed by atoms with E-state index in [4.69, 9.17) is 14.6 Å². The van der Waals surface area contributed by atoms with Gasteiger partial charge in [0.1, 0.15) is 18.2 Å². The van der Waals surface area contributed by atoms with Gasteiger partial charge in [0.2, 0.25) is 10.0 Å². The molecule has 0 radical (unpaired) electrons. The second kappa shape index (κ2) is 12.6. The highest BCUT2D eigenvalue weighted by molar-refractivity contribution is 7.89. The maximum Gasteiger partial charge on any atom is 0.290 e. The number of piperidine rings is 1. The van der Waals surface area contributed by atoms with Gasteiger partial charge in [0.05, 0.1) is 5.75 Å². The van der Waals surface area contributed by atoms with Crippen molar-refractivity contribution >= 4 is 16.5 Å². The summed E-state index contributed by atoms with van der Waals surface area (Å²) in [6.45, 7) is 5.60. The number of benzene rings is 1. The van der Waals surface area contributed by atoms with Crippen molar-refractivity contribution in [1.82, 2.24) is 9.62 Å². The second-order valence-electron chi connectivity index (χ2n) is 6.38. The van der Waals surface area contributed by atoms with Crippen molar-refractivity contribution < 1.29 is 27.4 Å². The van der Waals surface area contributed by atoms with Crippen LogP contribution in [0.2, 0.25) is 0 Å². The highest BCUT2D eigenvalue weighted by Gasteiger charge is 2.21. The molecule has 1 fully saturated rings. The number of likely N-dealkylation sites (tertiary alicyclic amines) is 1. The summed E-state index contributed by atoms with van der Waals surface area (Å²) in [5.41, 5.74) is 0. The summed E-state index contributed by atoms with van der Waals surface area (Å²) in [5.74, 6) is 0.392. The van der Waals surface area contributed by atoms with E-state index in [0.29, 0.717) is 18.2 Å². The molecule has 1 saturated heterocycles. The molecule has 1 aliphatic heterocycles. The SMILES string of the molecule is CCCN1CCCC(CNS(=O)(=O)CCOc2ccc(F)cc2)C1.O=CO. The van der Waals surface area contributed by atoms with Crippen LogP contribution in [0.4, 0.5) is 4.39 Å². The lowest BCUT2D eigenvalue weighted by Crippen LogP contribution is -2.41. The molecule has 1 atom stereocenters. The maximum atomic E-state index is 12.8. The monoisotopic (exact) mass is 404 g/mol. The lowest BCUT2D eigenvalue weighted by Gasteiger charge is -2.32. The van der Waals surface area contributed by atoms with E-state index >= 15 is 0 Å². The van der Waals surface area contributed by atoms with Crippen molar-refractivity contribution in [1.29, 1.82) is 0 Å². The van der Waals surface area contributed by atoms with Crippen molar-refractivity contribution in [3.63, 3.8) is 0 Å². The fourth-order valence-corrected chi connectivity index (χ4v) is 3.89. The van der Waals surface area contributed by atoms with Crippen LogP contribution >= 0.6 is 0 Å². The number of rotatable bonds is 9. The summed E-state index contributed by atoms with van der Waals surface area (Å²) in [4.78, 5) is 10.8. The Kier molecular flexibility index (Phi) is 10.9. The molecule has 0 spiro atoms. The molecule has 0 amide bonds. The van der Waals surface area contributed by atoms with Crippen LogP contribution < -0.4 is 9.46 Å². The molecule has 0 bridgehead atoms. The zero-order chi connectivity index (χ0) is 20.1. The molecule has 9 heteroatoms. The van der Waals surface area contributed by atoms with E-state index < -0.39 is 10.0 Å². The van der Waals surface area contributed by atoms with E-state index in [1.807, 2.05) is 0 Å².